The number of amides is 1. The number of aryl methyl sites for hydroxylation is 1. The predicted molar refractivity (Wildman–Crippen MR) is 138 cm³/mol. The van der Waals surface area contributed by atoms with Gasteiger partial charge in [0.1, 0.15) is 5.78 Å². The molecule has 0 unspecified atom stereocenters. The van der Waals surface area contributed by atoms with Crippen LogP contribution in [0, 0.1) is 18.3 Å². The summed E-state index contributed by atoms with van der Waals surface area (Å²) in [5.74, 6) is -1.48. The number of aliphatic hydroxyl groups is 2. The van der Waals surface area contributed by atoms with Gasteiger partial charge in [0.05, 0.1) is 58.0 Å². The Kier molecular flexibility index (Phi) is 9.10. The van der Waals surface area contributed by atoms with E-state index in [1.165, 1.54) is 0 Å². The lowest BCUT2D eigenvalue weighted by atomic mass is 9.74. The van der Waals surface area contributed by atoms with Crippen molar-refractivity contribution < 1.29 is 24.5 Å². The van der Waals surface area contributed by atoms with E-state index in [-0.39, 0.29) is 30.8 Å². The van der Waals surface area contributed by atoms with Crippen LogP contribution in [0.3, 0.4) is 0 Å². The number of benzene rings is 1. The number of rotatable bonds is 1. The fraction of sp³-hybridized carbons (Fsp3) is 0.577. The number of halogens is 1. The van der Waals surface area contributed by atoms with Gasteiger partial charge in [-0.3, -0.25) is 9.59 Å². The number of carbonyl (C=O) groups is 2. The van der Waals surface area contributed by atoms with Crippen molar-refractivity contribution in [3.05, 3.63) is 39.9 Å². The van der Waals surface area contributed by atoms with Crippen molar-refractivity contribution >= 4 is 44.8 Å². The van der Waals surface area contributed by atoms with Gasteiger partial charge in [-0.05, 0) is 38.0 Å². The van der Waals surface area contributed by atoms with Gasteiger partial charge in [-0.1, -0.05) is 44.5 Å². The van der Waals surface area contributed by atoms with E-state index in [0.29, 0.717) is 17.9 Å². The zero-order valence-electron chi connectivity index (χ0n) is 20.9. The second-order valence-electron chi connectivity index (χ2n) is 9.88. The molecular weight excluding hydrogens is 488 g/mol. The first-order chi connectivity index (χ1) is 16.4. The lowest BCUT2D eigenvalue weighted by Gasteiger charge is -2.34. The number of aliphatic hydroxyl groups excluding tert-OH is 2. The fourth-order valence-electron chi connectivity index (χ4n) is 4.34. The summed E-state index contributed by atoms with van der Waals surface area (Å²) in [5, 5.41) is 26.0. The Bertz CT molecular complexity index is 1100. The SMILES string of the molecule is Cc1nc2cc([C@@H]3C/C=C(\Cl)CCO[C@@H](C)[C@@H](O)[C@@H](C)C(=O)C(C)(C)[C@@H](O)CC(=O)N3)ccc2s1. The van der Waals surface area contributed by atoms with Crippen molar-refractivity contribution in [2.24, 2.45) is 11.3 Å². The molecule has 0 bridgehead atoms. The third-order valence-electron chi connectivity index (χ3n) is 6.81. The maximum Gasteiger partial charge on any atom is 0.223 e. The number of fused-ring (bicyclic) bond motifs is 1. The number of nitrogens with one attached hydrogen (secondary N) is 1. The maximum atomic E-state index is 13.2. The predicted octanol–water partition coefficient (Wildman–Crippen LogP) is 4.43. The number of thiazole rings is 1. The van der Waals surface area contributed by atoms with E-state index < -0.39 is 29.6 Å². The minimum Gasteiger partial charge on any atom is -0.392 e. The molecule has 7 nitrogen and oxygen atoms in total. The Morgan fingerprint density at radius 1 is 1.23 bits per heavy atom. The number of Topliss-reactive ketones (excluding diaryl/α,β-unsaturated/α-hetero) is 1. The van der Waals surface area contributed by atoms with Crippen molar-refractivity contribution in [2.75, 3.05) is 6.61 Å². The molecule has 1 aliphatic rings. The number of hydrogen-bond acceptors (Lipinski definition) is 7. The molecule has 0 aliphatic carbocycles. The molecule has 2 aromatic rings. The smallest absolute Gasteiger partial charge is 0.223 e. The summed E-state index contributed by atoms with van der Waals surface area (Å²) in [6.07, 6.45) is -0.387. The zero-order valence-corrected chi connectivity index (χ0v) is 22.4. The van der Waals surface area contributed by atoms with Gasteiger partial charge in [0.25, 0.3) is 0 Å². The first kappa shape index (κ1) is 27.7. The molecule has 1 amide bonds. The van der Waals surface area contributed by atoms with Gasteiger partial charge in [0, 0.05) is 17.4 Å². The van der Waals surface area contributed by atoms with Crippen LogP contribution in [0.15, 0.2) is 29.3 Å². The Morgan fingerprint density at radius 2 is 1.94 bits per heavy atom. The molecule has 1 aromatic carbocycles. The molecular formula is C26H35ClN2O5S. The number of aromatic nitrogens is 1. The van der Waals surface area contributed by atoms with Crippen molar-refractivity contribution in [1.82, 2.24) is 10.3 Å². The summed E-state index contributed by atoms with van der Waals surface area (Å²) in [7, 11) is 0. The van der Waals surface area contributed by atoms with Gasteiger partial charge in [-0.15, -0.1) is 11.3 Å². The molecule has 1 aromatic heterocycles. The topological polar surface area (TPSA) is 109 Å². The Hall–Kier alpha value is -1.84. The van der Waals surface area contributed by atoms with E-state index in [2.05, 4.69) is 10.3 Å². The molecule has 3 rings (SSSR count). The molecule has 3 N–H and O–H groups in total. The van der Waals surface area contributed by atoms with Crippen molar-refractivity contribution in [3.63, 3.8) is 0 Å². The minimum absolute atomic E-state index is 0.250. The van der Waals surface area contributed by atoms with E-state index in [0.717, 1.165) is 20.8 Å². The molecule has 0 fully saturated rings. The average Bonchev–Trinajstić information content (AvgIpc) is 3.18. The Labute approximate surface area is 215 Å². The first-order valence-corrected chi connectivity index (χ1v) is 13.1. The van der Waals surface area contributed by atoms with Gasteiger partial charge in [-0.25, -0.2) is 4.98 Å². The van der Waals surface area contributed by atoms with Crippen LogP contribution in [-0.2, 0) is 14.3 Å². The van der Waals surface area contributed by atoms with Crippen LogP contribution in [0.25, 0.3) is 10.2 Å². The van der Waals surface area contributed by atoms with E-state index in [1.54, 1.807) is 39.0 Å². The third-order valence-corrected chi connectivity index (χ3v) is 8.10. The molecule has 5 atom stereocenters. The highest BCUT2D eigenvalue weighted by atomic mass is 35.5. The molecule has 2 heterocycles. The molecule has 35 heavy (non-hydrogen) atoms. The van der Waals surface area contributed by atoms with E-state index in [4.69, 9.17) is 16.3 Å². The molecule has 0 spiro atoms. The second kappa shape index (κ2) is 11.5. The van der Waals surface area contributed by atoms with E-state index >= 15 is 0 Å². The number of hydrogen-bond donors (Lipinski definition) is 3. The summed E-state index contributed by atoms with van der Waals surface area (Å²) in [4.78, 5) is 30.7. The van der Waals surface area contributed by atoms with Gasteiger partial charge in [0.2, 0.25) is 5.91 Å². The van der Waals surface area contributed by atoms with Crippen LogP contribution >= 0.6 is 22.9 Å². The highest BCUT2D eigenvalue weighted by molar-refractivity contribution is 7.18. The van der Waals surface area contributed by atoms with Crippen LogP contribution in [0.4, 0.5) is 0 Å². The number of ether oxygens (including phenoxy) is 1. The Morgan fingerprint density at radius 3 is 2.66 bits per heavy atom. The van der Waals surface area contributed by atoms with Crippen LogP contribution in [0.5, 0.6) is 0 Å². The summed E-state index contributed by atoms with van der Waals surface area (Å²) in [5.41, 5.74) is 0.511. The summed E-state index contributed by atoms with van der Waals surface area (Å²) in [6, 6.07) is 5.52. The van der Waals surface area contributed by atoms with Gasteiger partial charge in [0.15, 0.2) is 0 Å². The highest BCUT2D eigenvalue weighted by Gasteiger charge is 2.42. The van der Waals surface area contributed by atoms with Crippen molar-refractivity contribution in [3.8, 4) is 0 Å². The lowest BCUT2D eigenvalue weighted by Crippen LogP contribution is -2.47. The molecule has 9 heteroatoms. The second-order valence-corrected chi connectivity index (χ2v) is 11.6. The normalized spacial score (nSPS) is 31.1. The van der Waals surface area contributed by atoms with Crippen molar-refractivity contribution in [2.45, 2.75) is 78.2 Å². The maximum absolute atomic E-state index is 13.2. The Balaban J connectivity index is 1.91. The molecule has 0 saturated carbocycles. The van der Waals surface area contributed by atoms with Crippen molar-refractivity contribution in [1.29, 1.82) is 0 Å². The highest BCUT2D eigenvalue weighted by Crippen LogP contribution is 2.31. The minimum atomic E-state index is -1.23. The quantitative estimate of drug-likeness (QED) is 0.511. The molecule has 0 saturated heterocycles. The number of nitrogens with zero attached hydrogens (tertiary/aromatic N) is 1. The average molecular weight is 523 g/mol. The van der Waals surface area contributed by atoms with Crippen LogP contribution < -0.4 is 5.32 Å². The molecule has 0 radical (unpaired) electrons. The van der Waals surface area contributed by atoms with Gasteiger partial charge in [-0.2, -0.15) is 0 Å². The molecule has 192 valence electrons. The first-order valence-electron chi connectivity index (χ1n) is 11.9. The summed E-state index contributed by atoms with van der Waals surface area (Å²) >= 11 is 8.04. The van der Waals surface area contributed by atoms with Gasteiger partial charge < -0.3 is 20.3 Å². The van der Waals surface area contributed by atoms with Gasteiger partial charge >= 0.3 is 0 Å². The lowest BCUT2D eigenvalue weighted by molar-refractivity contribution is -0.145. The largest absolute Gasteiger partial charge is 0.392 e. The summed E-state index contributed by atoms with van der Waals surface area (Å²) < 4.78 is 6.82. The fourth-order valence-corrected chi connectivity index (χ4v) is 5.31. The number of ketones is 1. The number of carbonyl (C=O) groups excluding carboxylic acids is 2. The van der Waals surface area contributed by atoms with E-state index in [9.17, 15) is 19.8 Å². The third kappa shape index (κ3) is 6.68. The van der Waals surface area contributed by atoms with E-state index in [1.807, 2.05) is 31.2 Å². The zero-order chi connectivity index (χ0) is 25.9. The van der Waals surface area contributed by atoms with Crippen LogP contribution in [-0.4, -0.2) is 51.8 Å². The molecule has 1 aliphatic heterocycles. The monoisotopic (exact) mass is 522 g/mol. The van der Waals surface area contributed by atoms with Crippen LogP contribution in [0.2, 0.25) is 0 Å². The standard InChI is InChI=1S/C26H35ClN2O5S/c1-14-24(32)15(2)34-11-10-18(27)7-8-19(17-6-9-21-20(12-17)28-16(3)35-21)29-23(31)13-22(30)26(4,5)25(14)33/h6-7,9,12,14-15,19,22,24,30,32H,8,10-11,13H2,1-5H3,(H,29,31)/b18-7-/t14-,15+,19+,22+,24+/m1/s1. The summed E-state index contributed by atoms with van der Waals surface area (Å²) in [6.45, 7) is 8.76. The van der Waals surface area contributed by atoms with Crippen LogP contribution in [0.1, 0.15) is 63.6 Å².